The van der Waals surface area contributed by atoms with E-state index in [0.29, 0.717) is 17.2 Å². The quantitative estimate of drug-likeness (QED) is 0.536. The monoisotopic (exact) mass is 383 g/mol. The maximum atomic E-state index is 13.1. The highest BCUT2D eigenvalue weighted by atomic mass is 32.2. The molecule has 0 amide bonds. The molecule has 0 radical (unpaired) electrons. The van der Waals surface area contributed by atoms with Crippen LogP contribution in [0.4, 0.5) is 17.3 Å². The molecular formula is C19H17N3O4S. The Balaban J connectivity index is 2.13. The predicted molar refractivity (Wildman–Crippen MR) is 100 cm³/mol. The van der Waals surface area contributed by atoms with Gasteiger partial charge < -0.3 is 9.47 Å². The highest BCUT2D eigenvalue weighted by molar-refractivity contribution is 7.92. The summed E-state index contributed by atoms with van der Waals surface area (Å²) in [6, 6.07) is 9.97. The SMILES string of the molecule is COc1cc(C)cc(OC)c1N1c2ncccc2S(=O)(=O)c2cccnc21. The van der Waals surface area contributed by atoms with Gasteiger partial charge in [0.15, 0.2) is 11.6 Å². The first-order chi connectivity index (χ1) is 13.0. The van der Waals surface area contributed by atoms with E-state index in [9.17, 15) is 8.42 Å². The van der Waals surface area contributed by atoms with Gasteiger partial charge in [0.25, 0.3) is 0 Å². The van der Waals surface area contributed by atoms with E-state index in [2.05, 4.69) is 9.97 Å². The Morgan fingerprint density at radius 2 is 1.37 bits per heavy atom. The summed E-state index contributed by atoms with van der Waals surface area (Å²) >= 11 is 0. The lowest BCUT2D eigenvalue weighted by Gasteiger charge is -2.32. The molecule has 0 aliphatic carbocycles. The number of anilines is 3. The maximum absolute atomic E-state index is 13.1. The second-order valence-corrected chi connectivity index (χ2v) is 7.89. The third-order valence-electron chi connectivity index (χ3n) is 4.35. The van der Waals surface area contributed by atoms with Gasteiger partial charge in [-0.1, -0.05) is 0 Å². The topological polar surface area (TPSA) is 81.6 Å². The molecule has 1 aliphatic heterocycles. The lowest BCUT2D eigenvalue weighted by molar-refractivity contribution is 0.395. The van der Waals surface area contributed by atoms with Gasteiger partial charge in [0, 0.05) is 12.4 Å². The molecule has 27 heavy (non-hydrogen) atoms. The van der Waals surface area contributed by atoms with Crippen LogP contribution >= 0.6 is 0 Å². The molecule has 4 rings (SSSR count). The minimum Gasteiger partial charge on any atom is -0.494 e. The van der Waals surface area contributed by atoms with Crippen molar-refractivity contribution in [1.29, 1.82) is 0 Å². The highest BCUT2D eigenvalue weighted by Gasteiger charge is 2.39. The minimum absolute atomic E-state index is 0.107. The van der Waals surface area contributed by atoms with Crippen molar-refractivity contribution >= 4 is 27.2 Å². The smallest absolute Gasteiger partial charge is 0.213 e. The zero-order valence-electron chi connectivity index (χ0n) is 15.0. The average Bonchev–Trinajstić information content (AvgIpc) is 2.68. The molecule has 3 heterocycles. The summed E-state index contributed by atoms with van der Waals surface area (Å²) in [6.45, 7) is 1.92. The van der Waals surface area contributed by atoms with Gasteiger partial charge in [-0.15, -0.1) is 0 Å². The van der Waals surface area contributed by atoms with E-state index in [1.165, 1.54) is 12.1 Å². The fraction of sp³-hybridized carbons (Fsp3) is 0.158. The van der Waals surface area contributed by atoms with Gasteiger partial charge >= 0.3 is 0 Å². The molecule has 0 spiro atoms. The van der Waals surface area contributed by atoms with Crippen LogP contribution in [-0.2, 0) is 9.84 Å². The molecule has 2 aromatic heterocycles. The van der Waals surface area contributed by atoms with E-state index in [1.807, 2.05) is 19.1 Å². The van der Waals surface area contributed by atoms with E-state index in [0.717, 1.165) is 5.56 Å². The van der Waals surface area contributed by atoms with Crippen molar-refractivity contribution in [3.8, 4) is 11.5 Å². The number of aromatic nitrogens is 2. The van der Waals surface area contributed by atoms with E-state index in [-0.39, 0.29) is 21.4 Å². The first kappa shape index (κ1) is 17.3. The van der Waals surface area contributed by atoms with E-state index < -0.39 is 9.84 Å². The molecule has 0 saturated heterocycles. The van der Waals surface area contributed by atoms with Crippen molar-refractivity contribution in [3.63, 3.8) is 0 Å². The molecular weight excluding hydrogens is 366 g/mol. The second kappa shape index (κ2) is 6.24. The highest BCUT2D eigenvalue weighted by Crippen LogP contribution is 2.51. The van der Waals surface area contributed by atoms with Crippen molar-refractivity contribution in [1.82, 2.24) is 9.97 Å². The van der Waals surface area contributed by atoms with Gasteiger partial charge in [0.2, 0.25) is 9.84 Å². The number of nitrogens with zero attached hydrogens (tertiary/aromatic N) is 3. The lowest BCUT2D eigenvalue weighted by Crippen LogP contribution is -2.25. The summed E-state index contributed by atoms with van der Waals surface area (Å²) < 4.78 is 37.3. The molecule has 7 nitrogen and oxygen atoms in total. The van der Waals surface area contributed by atoms with Gasteiger partial charge in [-0.2, -0.15) is 0 Å². The van der Waals surface area contributed by atoms with Crippen LogP contribution in [-0.4, -0.2) is 32.6 Å². The summed E-state index contributed by atoms with van der Waals surface area (Å²) in [5.74, 6) is 1.56. The van der Waals surface area contributed by atoms with E-state index in [1.54, 1.807) is 43.6 Å². The molecule has 0 atom stereocenters. The van der Waals surface area contributed by atoms with Crippen molar-refractivity contribution < 1.29 is 17.9 Å². The number of rotatable bonds is 3. The molecule has 1 aliphatic rings. The minimum atomic E-state index is -3.74. The van der Waals surface area contributed by atoms with Crippen molar-refractivity contribution in [2.24, 2.45) is 0 Å². The van der Waals surface area contributed by atoms with Crippen LogP contribution in [0, 0.1) is 6.92 Å². The number of fused-ring (bicyclic) bond motifs is 2. The number of methoxy groups -OCH3 is 2. The predicted octanol–water partition coefficient (Wildman–Crippen LogP) is 3.42. The van der Waals surface area contributed by atoms with Crippen molar-refractivity contribution in [2.75, 3.05) is 19.1 Å². The summed E-state index contributed by atoms with van der Waals surface area (Å²) in [7, 11) is -0.633. The Bertz CT molecular complexity index is 1070. The first-order valence-electron chi connectivity index (χ1n) is 8.17. The summed E-state index contributed by atoms with van der Waals surface area (Å²) in [4.78, 5) is 10.6. The third kappa shape index (κ3) is 2.52. The van der Waals surface area contributed by atoms with Gasteiger partial charge in [-0.3, -0.25) is 4.90 Å². The average molecular weight is 383 g/mol. The first-order valence-corrected chi connectivity index (χ1v) is 9.65. The number of pyridine rings is 2. The summed E-state index contributed by atoms with van der Waals surface area (Å²) in [5, 5.41) is 0. The maximum Gasteiger partial charge on any atom is 0.213 e. The lowest BCUT2D eigenvalue weighted by atomic mass is 10.1. The molecule has 1 aromatic carbocycles. The summed E-state index contributed by atoms with van der Waals surface area (Å²) in [6.07, 6.45) is 3.09. The molecule has 0 saturated carbocycles. The van der Waals surface area contributed by atoms with Crippen LogP contribution in [0.3, 0.4) is 0 Å². The van der Waals surface area contributed by atoms with Crippen molar-refractivity contribution in [3.05, 3.63) is 54.4 Å². The van der Waals surface area contributed by atoms with Gasteiger partial charge in [-0.05, 0) is 48.9 Å². The van der Waals surface area contributed by atoms with E-state index in [4.69, 9.17) is 9.47 Å². The Labute approximate surface area is 157 Å². The van der Waals surface area contributed by atoms with Crippen LogP contribution in [0.2, 0.25) is 0 Å². The molecule has 0 N–H and O–H groups in total. The largest absolute Gasteiger partial charge is 0.494 e. The van der Waals surface area contributed by atoms with Crippen LogP contribution in [0.15, 0.2) is 58.6 Å². The number of ether oxygens (including phenoxy) is 2. The van der Waals surface area contributed by atoms with E-state index >= 15 is 0 Å². The molecule has 138 valence electrons. The fourth-order valence-corrected chi connectivity index (χ4v) is 4.72. The van der Waals surface area contributed by atoms with Gasteiger partial charge in [0.1, 0.15) is 27.0 Å². The van der Waals surface area contributed by atoms with Gasteiger partial charge in [-0.25, -0.2) is 18.4 Å². The number of sulfone groups is 1. The number of benzene rings is 1. The zero-order chi connectivity index (χ0) is 19.2. The van der Waals surface area contributed by atoms with Crippen LogP contribution in [0.1, 0.15) is 5.56 Å². The number of aryl methyl sites for hydroxylation is 1. The Morgan fingerprint density at radius 1 is 0.889 bits per heavy atom. The Hall–Kier alpha value is -3.13. The van der Waals surface area contributed by atoms with Crippen LogP contribution in [0.25, 0.3) is 0 Å². The third-order valence-corrected chi connectivity index (χ3v) is 6.15. The number of hydrogen-bond donors (Lipinski definition) is 0. The van der Waals surface area contributed by atoms with Gasteiger partial charge in [0.05, 0.1) is 14.2 Å². The normalized spacial score (nSPS) is 14.3. The second-order valence-electron chi connectivity index (χ2n) is 6.01. The van der Waals surface area contributed by atoms with Crippen LogP contribution < -0.4 is 14.4 Å². The van der Waals surface area contributed by atoms with Crippen molar-refractivity contribution in [2.45, 2.75) is 16.7 Å². The zero-order valence-corrected chi connectivity index (χ0v) is 15.8. The number of hydrogen-bond acceptors (Lipinski definition) is 7. The molecule has 0 bridgehead atoms. The molecule has 3 aromatic rings. The fourth-order valence-electron chi connectivity index (χ4n) is 3.20. The molecule has 0 fully saturated rings. The standard InChI is InChI=1S/C19H17N3O4S/c1-12-10-13(25-2)17(14(11-12)26-3)22-18-15(6-4-8-20-18)27(23,24)16-7-5-9-21-19(16)22/h4-11H,1-3H3. The molecule has 0 unspecified atom stereocenters. The van der Waals surface area contributed by atoms with Crippen LogP contribution in [0.5, 0.6) is 11.5 Å². The Morgan fingerprint density at radius 3 is 1.81 bits per heavy atom. The Kier molecular flexibility index (Phi) is 4.00. The summed E-state index contributed by atoms with van der Waals surface area (Å²) in [5.41, 5.74) is 1.49. The molecule has 8 heteroatoms.